The summed E-state index contributed by atoms with van der Waals surface area (Å²) in [6, 6.07) is 3.51. The second-order valence-electron chi connectivity index (χ2n) is 5.99. The van der Waals surface area contributed by atoms with Crippen molar-refractivity contribution >= 4 is 40.0 Å². The Morgan fingerprint density at radius 3 is 2.76 bits per heavy atom. The summed E-state index contributed by atoms with van der Waals surface area (Å²) >= 11 is 12.4. The second-order valence-corrected chi connectivity index (χ2v) is 6.78. The second kappa shape index (κ2) is 5.89. The Bertz CT molecular complexity index is 984. The van der Waals surface area contributed by atoms with Gasteiger partial charge >= 0.3 is 0 Å². The van der Waals surface area contributed by atoms with E-state index < -0.39 is 0 Å². The van der Waals surface area contributed by atoms with Crippen LogP contribution in [0, 0.1) is 0 Å². The zero-order valence-electron chi connectivity index (χ0n) is 13.3. The van der Waals surface area contributed by atoms with Crippen LogP contribution in [0.5, 0.6) is 5.75 Å². The van der Waals surface area contributed by atoms with Gasteiger partial charge in [0.15, 0.2) is 5.75 Å². The van der Waals surface area contributed by atoms with Crippen LogP contribution in [-0.2, 0) is 6.42 Å². The molecule has 0 spiro atoms. The topological polar surface area (TPSA) is 82.1 Å². The van der Waals surface area contributed by atoms with Crippen LogP contribution in [-0.4, -0.2) is 37.4 Å². The van der Waals surface area contributed by atoms with Crippen molar-refractivity contribution in [1.29, 1.82) is 0 Å². The van der Waals surface area contributed by atoms with Crippen molar-refractivity contribution < 1.29 is 9.90 Å². The van der Waals surface area contributed by atoms with Gasteiger partial charge in [-0.05, 0) is 13.0 Å². The van der Waals surface area contributed by atoms with Gasteiger partial charge in [0, 0.05) is 29.6 Å². The molecule has 1 atom stereocenters. The van der Waals surface area contributed by atoms with Gasteiger partial charge < -0.3 is 15.0 Å². The Morgan fingerprint density at radius 1 is 1.32 bits per heavy atom. The van der Waals surface area contributed by atoms with Crippen molar-refractivity contribution in [2.75, 3.05) is 6.54 Å². The van der Waals surface area contributed by atoms with Crippen LogP contribution in [0.4, 0.5) is 0 Å². The van der Waals surface area contributed by atoms with Gasteiger partial charge in [-0.1, -0.05) is 29.3 Å². The number of nitrogens with one attached hydrogen (secondary N) is 1. The predicted molar refractivity (Wildman–Crippen MR) is 95.2 cm³/mol. The lowest BCUT2D eigenvalue weighted by molar-refractivity contribution is 0.0665. The Kier molecular flexibility index (Phi) is 3.81. The number of halogens is 2. The van der Waals surface area contributed by atoms with E-state index in [9.17, 15) is 9.90 Å². The van der Waals surface area contributed by atoms with Gasteiger partial charge in [-0.15, -0.1) is 0 Å². The number of hydrogen-bond donors (Lipinski definition) is 2. The molecule has 0 saturated carbocycles. The molecule has 2 N–H and O–H groups in total. The van der Waals surface area contributed by atoms with Gasteiger partial charge in [0.05, 0.1) is 34.0 Å². The number of amides is 1. The molecule has 0 unspecified atom stereocenters. The van der Waals surface area contributed by atoms with Crippen molar-refractivity contribution in [1.82, 2.24) is 19.9 Å². The summed E-state index contributed by atoms with van der Waals surface area (Å²) in [7, 11) is 0. The number of H-pyrrole nitrogens is 1. The van der Waals surface area contributed by atoms with Crippen molar-refractivity contribution in [3.8, 4) is 5.75 Å². The number of aromatic amines is 1. The molecule has 0 saturated heterocycles. The molecule has 4 rings (SSSR count). The minimum absolute atomic E-state index is 0.0639. The summed E-state index contributed by atoms with van der Waals surface area (Å²) in [5, 5.41) is 11.2. The smallest absolute Gasteiger partial charge is 0.292 e. The van der Waals surface area contributed by atoms with E-state index in [4.69, 9.17) is 23.2 Å². The number of carbonyl (C=O) groups excluding carboxylic acids is 1. The highest BCUT2D eigenvalue weighted by Crippen LogP contribution is 2.40. The molecule has 8 heteroatoms. The quantitative estimate of drug-likeness (QED) is 0.677. The van der Waals surface area contributed by atoms with E-state index in [-0.39, 0.29) is 23.5 Å². The summed E-state index contributed by atoms with van der Waals surface area (Å²) in [5.41, 5.74) is 2.88. The lowest BCUT2D eigenvalue weighted by Gasteiger charge is -2.33. The molecular weight excluding hydrogens is 363 g/mol. The van der Waals surface area contributed by atoms with E-state index in [2.05, 4.69) is 15.0 Å². The number of rotatable bonds is 1. The third-order valence-electron chi connectivity index (χ3n) is 4.56. The largest absolute Gasteiger partial charge is 0.505 e. The molecule has 1 aliphatic heterocycles. The molecule has 3 heterocycles. The van der Waals surface area contributed by atoms with Crippen LogP contribution in [0.15, 0.2) is 24.5 Å². The summed E-state index contributed by atoms with van der Waals surface area (Å²) in [4.78, 5) is 25.7. The average molecular weight is 377 g/mol. The number of fused-ring (bicyclic) bond motifs is 3. The molecule has 6 nitrogen and oxygen atoms in total. The molecule has 1 amide bonds. The third-order valence-corrected chi connectivity index (χ3v) is 5.37. The summed E-state index contributed by atoms with van der Waals surface area (Å²) in [6.45, 7) is 2.50. The maximum Gasteiger partial charge on any atom is 0.292 e. The molecule has 3 aromatic rings. The van der Waals surface area contributed by atoms with Gasteiger partial charge in [-0.2, -0.15) is 0 Å². The van der Waals surface area contributed by atoms with E-state index in [1.165, 1.54) is 12.4 Å². The lowest BCUT2D eigenvalue weighted by atomic mass is 9.97. The van der Waals surface area contributed by atoms with Crippen molar-refractivity contribution in [2.24, 2.45) is 0 Å². The fraction of sp³-hybridized carbons (Fsp3) is 0.235. The van der Waals surface area contributed by atoms with Crippen LogP contribution in [0.25, 0.3) is 10.9 Å². The molecule has 1 aliphatic rings. The Hall–Kier alpha value is -2.31. The highest BCUT2D eigenvalue weighted by Gasteiger charge is 2.32. The van der Waals surface area contributed by atoms with E-state index in [1.807, 2.05) is 13.0 Å². The Morgan fingerprint density at radius 2 is 2.04 bits per heavy atom. The third kappa shape index (κ3) is 2.53. The standard InChI is InChI=1S/C17H14Cl2N4O2/c1-8-13-10-2-3-11(18)14(19)15(10)22-12(13)4-5-23(8)17(25)16-20-6-9(24)7-21-16/h2-3,6-8,22,24H,4-5H2,1H3/t8-/m1/s1. The number of carbonyl (C=O) groups is 1. The van der Waals surface area contributed by atoms with Crippen molar-refractivity contribution in [3.05, 3.63) is 51.7 Å². The number of hydrogen-bond acceptors (Lipinski definition) is 4. The zero-order chi connectivity index (χ0) is 17.7. The molecule has 0 bridgehead atoms. The number of nitrogens with zero attached hydrogens (tertiary/aromatic N) is 3. The van der Waals surface area contributed by atoms with Crippen LogP contribution >= 0.6 is 23.2 Å². The van der Waals surface area contributed by atoms with E-state index in [1.54, 1.807) is 11.0 Å². The SMILES string of the molecule is C[C@@H]1c2c([nH]c3c(Cl)c(Cl)ccc23)CCN1C(=O)c1ncc(O)cn1. The first kappa shape index (κ1) is 16.2. The Balaban J connectivity index is 1.76. The molecule has 25 heavy (non-hydrogen) atoms. The maximum absolute atomic E-state index is 12.8. The molecule has 0 aliphatic carbocycles. The van der Waals surface area contributed by atoms with Gasteiger partial charge in [-0.25, -0.2) is 9.97 Å². The average Bonchev–Trinajstić information content (AvgIpc) is 2.99. The highest BCUT2D eigenvalue weighted by molar-refractivity contribution is 6.45. The molecule has 0 fully saturated rings. The lowest BCUT2D eigenvalue weighted by Crippen LogP contribution is -2.39. The molecule has 128 valence electrons. The first-order valence-electron chi connectivity index (χ1n) is 7.77. The number of aromatic nitrogens is 3. The van der Waals surface area contributed by atoms with Crippen molar-refractivity contribution in [3.63, 3.8) is 0 Å². The van der Waals surface area contributed by atoms with Crippen LogP contribution in [0.1, 0.15) is 34.8 Å². The first-order valence-corrected chi connectivity index (χ1v) is 8.53. The summed E-state index contributed by atoms with van der Waals surface area (Å²) in [5.74, 6) is -0.282. The summed E-state index contributed by atoms with van der Waals surface area (Å²) < 4.78 is 0. The van der Waals surface area contributed by atoms with Crippen LogP contribution < -0.4 is 0 Å². The molecular formula is C17H14Cl2N4O2. The number of aromatic hydroxyl groups is 1. The van der Waals surface area contributed by atoms with Crippen LogP contribution in [0.3, 0.4) is 0 Å². The number of benzene rings is 1. The maximum atomic E-state index is 12.8. The van der Waals surface area contributed by atoms with Crippen LogP contribution in [0.2, 0.25) is 10.0 Å². The molecule has 0 radical (unpaired) electrons. The fourth-order valence-corrected chi connectivity index (χ4v) is 3.74. The highest BCUT2D eigenvalue weighted by atomic mass is 35.5. The van der Waals surface area contributed by atoms with E-state index in [0.29, 0.717) is 23.0 Å². The minimum Gasteiger partial charge on any atom is -0.505 e. The predicted octanol–water partition coefficient (Wildman–Crippen LogP) is 3.73. The molecule has 1 aromatic carbocycles. The minimum atomic E-state index is -0.271. The Labute approximate surface area is 153 Å². The summed E-state index contributed by atoms with van der Waals surface area (Å²) in [6.07, 6.45) is 3.10. The van der Waals surface area contributed by atoms with Gasteiger partial charge in [0.25, 0.3) is 5.91 Å². The monoisotopic (exact) mass is 376 g/mol. The first-order chi connectivity index (χ1) is 12.0. The normalized spacial score (nSPS) is 16.9. The van der Waals surface area contributed by atoms with Gasteiger partial charge in [0.2, 0.25) is 5.82 Å². The zero-order valence-corrected chi connectivity index (χ0v) is 14.8. The van der Waals surface area contributed by atoms with Gasteiger partial charge in [0.1, 0.15) is 0 Å². The van der Waals surface area contributed by atoms with Crippen molar-refractivity contribution in [2.45, 2.75) is 19.4 Å². The van der Waals surface area contributed by atoms with E-state index >= 15 is 0 Å². The van der Waals surface area contributed by atoms with Gasteiger partial charge in [-0.3, -0.25) is 4.79 Å². The fourth-order valence-electron chi connectivity index (χ4n) is 3.37. The molecule has 2 aromatic heterocycles. The van der Waals surface area contributed by atoms with E-state index in [0.717, 1.165) is 22.2 Å².